The first-order valence-corrected chi connectivity index (χ1v) is 14.9. The predicted molar refractivity (Wildman–Crippen MR) is 184 cm³/mol. The second-order valence-electron chi connectivity index (χ2n) is 13.3. The van der Waals surface area contributed by atoms with Gasteiger partial charge in [0.25, 0.3) is 0 Å². The zero-order chi connectivity index (χ0) is 30.1. The molecule has 0 aliphatic carbocycles. The third-order valence-electron chi connectivity index (χ3n) is 9.23. The maximum Gasteiger partial charge on any atom is 0.411 e. The largest absolute Gasteiger partial charge is 0.411 e. The number of anilines is 2. The molecule has 2 aliphatic rings. The number of benzene rings is 4. The lowest BCUT2D eigenvalue weighted by Crippen LogP contribution is -2.55. The van der Waals surface area contributed by atoms with Crippen molar-refractivity contribution < 1.29 is 4.58 Å². The Kier molecular flexibility index (Phi) is 6.64. The molecule has 0 saturated carbocycles. The van der Waals surface area contributed by atoms with Crippen LogP contribution in [0.4, 0.5) is 11.4 Å². The van der Waals surface area contributed by atoms with Crippen LogP contribution in [0.1, 0.15) is 59.7 Å². The Morgan fingerprint density at radius 2 is 1.45 bits per heavy atom. The molecule has 0 saturated heterocycles. The van der Waals surface area contributed by atoms with Crippen LogP contribution >= 0.6 is 0 Å². The Bertz CT molecular complexity index is 1800. The van der Waals surface area contributed by atoms with Crippen molar-refractivity contribution in [1.29, 1.82) is 0 Å². The molecule has 0 bridgehead atoms. The second-order valence-corrected chi connectivity index (χ2v) is 13.3. The van der Waals surface area contributed by atoms with Crippen molar-refractivity contribution in [2.24, 2.45) is 0 Å². The number of aryl methyl sites for hydroxylation is 4. The van der Waals surface area contributed by atoms with Crippen LogP contribution in [0.25, 0.3) is 16.3 Å². The molecule has 0 unspecified atom stereocenters. The van der Waals surface area contributed by atoms with E-state index in [-0.39, 0.29) is 12.4 Å². The Morgan fingerprint density at radius 3 is 2.12 bits per heavy atom. The molecule has 0 aromatic heterocycles. The number of fused-ring (bicyclic) bond motifs is 2. The van der Waals surface area contributed by atoms with E-state index in [4.69, 9.17) is 0 Å². The summed E-state index contributed by atoms with van der Waals surface area (Å²) in [5.41, 5.74) is 14.2. The van der Waals surface area contributed by atoms with Gasteiger partial charge in [-0.15, -0.1) is 0 Å². The molecule has 0 radical (unpaired) electrons. The van der Waals surface area contributed by atoms with E-state index < -0.39 is 0 Å². The van der Waals surface area contributed by atoms with Gasteiger partial charge in [-0.2, -0.15) is 0 Å². The number of hydrogen-bond acceptors (Lipinski definition) is 2. The van der Waals surface area contributed by atoms with Gasteiger partial charge in [0.15, 0.2) is 0 Å². The lowest BCUT2D eigenvalue weighted by molar-refractivity contribution is -0.417. The van der Waals surface area contributed by atoms with Crippen LogP contribution < -0.4 is 15.1 Å². The second kappa shape index (κ2) is 9.98. The summed E-state index contributed by atoms with van der Waals surface area (Å²) in [5.74, 6) is 0. The molecule has 2 heterocycles. The lowest BCUT2D eigenvalue weighted by atomic mass is 9.62. The highest BCUT2D eigenvalue weighted by Gasteiger charge is 2.39. The van der Waals surface area contributed by atoms with Crippen LogP contribution in [0.2, 0.25) is 0 Å². The summed E-state index contributed by atoms with van der Waals surface area (Å²) in [6.07, 6.45) is 6.59. The topological polar surface area (TPSA) is 9.49 Å². The lowest BCUT2D eigenvalue weighted by Gasteiger charge is -2.29. The highest BCUT2D eigenvalue weighted by molar-refractivity contribution is 6.82. The summed E-state index contributed by atoms with van der Waals surface area (Å²) >= 11 is 0. The van der Waals surface area contributed by atoms with E-state index in [1.54, 1.807) is 0 Å². The minimum Gasteiger partial charge on any atom is -0.393 e. The summed E-state index contributed by atoms with van der Waals surface area (Å²) in [4.78, 5) is 4.84. The Balaban J connectivity index is 1.42. The van der Waals surface area contributed by atoms with Gasteiger partial charge >= 0.3 is 6.98 Å². The summed E-state index contributed by atoms with van der Waals surface area (Å²) in [7, 11) is 4.44. The van der Waals surface area contributed by atoms with Gasteiger partial charge in [-0.1, -0.05) is 110 Å². The molecule has 3 nitrogen and oxygen atoms in total. The van der Waals surface area contributed by atoms with E-state index in [2.05, 4.69) is 158 Å². The molecular weight excluding hydrogens is 509 g/mol. The molecule has 0 spiro atoms. The minimum atomic E-state index is 0.0208. The Hall–Kier alpha value is -4.18. The van der Waals surface area contributed by atoms with E-state index in [9.17, 15) is 0 Å². The van der Waals surface area contributed by atoms with E-state index >= 15 is 0 Å². The highest BCUT2D eigenvalue weighted by atomic mass is 15.3. The predicted octanol–water partition coefficient (Wildman–Crippen LogP) is 7.86. The van der Waals surface area contributed by atoms with Crippen molar-refractivity contribution in [2.45, 2.75) is 53.9 Å². The first kappa shape index (κ1) is 28.0. The fourth-order valence-electron chi connectivity index (χ4n) is 7.14. The van der Waals surface area contributed by atoms with Gasteiger partial charge in [0.05, 0.1) is 6.72 Å². The van der Waals surface area contributed by atoms with E-state index in [1.165, 1.54) is 72.1 Å². The number of hydrogen-bond donors (Lipinski definition) is 0. The van der Waals surface area contributed by atoms with Crippen molar-refractivity contribution in [3.8, 4) is 0 Å². The molecule has 0 atom stereocenters. The highest BCUT2D eigenvalue weighted by Crippen LogP contribution is 2.41. The summed E-state index contributed by atoms with van der Waals surface area (Å²) < 4.78 is 2.01. The van der Waals surface area contributed by atoms with Crippen LogP contribution in [-0.4, -0.2) is 32.4 Å². The standard InChI is InChI=1S/C38H42BN3/c1-24-19-25(2)37(26(3)20-24)39-41(9)34-16-15-28(22-36(34)42(39)10)29-17-18-40(8)35(21-29)32-23-33(38(5,6)7)31-14-12-11-13-30(31)27(32)4/h11-23H,8H2,1-7,9-10H3. The first-order chi connectivity index (χ1) is 19.9. The average molecular weight is 552 g/mol. The maximum atomic E-state index is 4.39. The SMILES string of the molecule is C=[N+]1C=CC(c2ccc3c(c2)N(C)B(c2c(C)cc(C)cc2C)N3C)=C[C-]1c1cc(C(C)(C)C)c2ccccc2c1C. The van der Waals surface area contributed by atoms with E-state index in [0.29, 0.717) is 0 Å². The molecule has 4 heteroatoms. The third kappa shape index (κ3) is 4.45. The average Bonchev–Trinajstić information content (AvgIpc) is 3.17. The number of allylic oxidation sites excluding steroid dienone is 2. The maximum absolute atomic E-state index is 4.39. The van der Waals surface area contributed by atoms with Gasteiger partial charge in [-0.25, -0.2) is 0 Å². The van der Waals surface area contributed by atoms with E-state index in [0.717, 1.165) is 6.04 Å². The molecule has 212 valence electrons. The summed E-state index contributed by atoms with van der Waals surface area (Å²) in [6.45, 7) is 20.4. The monoisotopic (exact) mass is 551 g/mol. The van der Waals surface area contributed by atoms with Gasteiger partial charge in [0.1, 0.15) is 12.2 Å². The fraction of sp³-hybridized carbons (Fsp3) is 0.263. The molecule has 0 fully saturated rings. The molecule has 42 heavy (non-hydrogen) atoms. The normalized spacial score (nSPS) is 15.2. The van der Waals surface area contributed by atoms with Crippen molar-refractivity contribution in [3.05, 3.63) is 124 Å². The van der Waals surface area contributed by atoms with Crippen molar-refractivity contribution in [1.82, 2.24) is 0 Å². The first-order valence-electron chi connectivity index (χ1n) is 14.9. The zero-order valence-corrected chi connectivity index (χ0v) is 26.6. The van der Waals surface area contributed by atoms with Gasteiger partial charge in [0.2, 0.25) is 0 Å². The van der Waals surface area contributed by atoms with Crippen LogP contribution in [0.5, 0.6) is 0 Å². The minimum absolute atomic E-state index is 0.0208. The third-order valence-corrected chi connectivity index (χ3v) is 9.23. The number of nitrogens with zero attached hydrogens (tertiary/aromatic N) is 3. The fourth-order valence-corrected chi connectivity index (χ4v) is 7.14. The van der Waals surface area contributed by atoms with Gasteiger partial charge in [-0.3, -0.25) is 4.58 Å². The molecular formula is C38H42BN3. The molecule has 2 aliphatic heterocycles. The Morgan fingerprint density at radius 1 is 0.810 bits per heavy atom. The van der Waals surface area contributed by atoms with Crippen LogP contribution in [0.3, 0.4) is 0 Å². The van der Waals surface area contributed by atoms with Gasteiger partial charge < -0.3 is 9.62 Å². The van der Waals surface area contributed by atoms with Gasteiger partial charge in [-0.05, 0) is 91.9 Å². The smallest absolute Gasteiger partial charge is 0.393 e. The van der Waals surface area contributed by atoms with E-state index in [1.807, 2.05) is 4.58 Å². The van der Waals surface area contributed by atoms with Gasteiger partial charge in [0, 0.05) is 11.4 Å². The number of rotatable bonds is 3. The zero-order valence-electron chi connectivity index (χ0n) is 26.6. The molecule has 6 rings (SSSR count). The summed E-state index contributed by atoms with van der Waals surface area (Å²) in [6, 6.07) is 23.8. The molecule has 0 N–H and O–H groups in total. The van der Waals surface area contributed by atoms with Crippen LogP contribution in [0.15, 0.2) is 79.0 Å². The van der Waals surface area contributed by atoms with Crippen molar-refractivity contribution in [3.63, 3.8) is 0 Å². The summed E-state index contributed by atoms with van der Waals surface area (Å²) in [5, 5.41) is 2.64. The van der Waals surface area contributed by atoms with Crippen molar-refractivity contribution in [2.75, 3.05) is 23.7 Å². The molecule has 4 aromatic carbocycles. The Labute approximate surface area is 252 Å². The van der Waals surface area contributed by atoms with Crippen LogP contribution in [0, 0.1) is 33.7 Å². The van der Waals surface area contributed by atoms with Crippen molar-refractivity contribution >= 4 is 46.9 Å². The van der Waals surface area contributed by atoms with Crippen LogP contribution in [-0.2, 0) is 5.41 Å². The molecule has 4 aromatic rings. The quantitative estimate of drug-likeness (QED) is 0.146. The molecule has 0 amide bonds.